The van der Waals surface area contributed by atoms with E-state index < -0.39 is 74.2 Å². The number of hydrogen-bond donors (Lipinski definition) is 8. The largest absolute Gasteiger partial charge is 0.394 e. The van der Waals surface area contributed by atoms with E-state index in [9.17, 15) is 40.5 Å². The highest BCUT2D eigenvalue weighted by atomic mass is 16.7. The van der Waals surface area contributed by atoms with E-state index in [-0.39, 0.29) is 12.8 Å². The van der Waals surface area contributed by atoms with Gasteiger partial charge in [-0.1, -0.05) is 178 Å². The molecular formula is C52H95NO10. The van der Waals surface area contributed by atoms with Crippen LogP contribution in [0.3, 0.4) is 0 Å². The van der Waals surface area contributed by atoms with Gasteiger partial charge in [0.1, 0.15) is 36.6 Å². The van der Waals surface area contributed by atoms with Crippen molar-refractivity contribution >= 4 is 5.91 Å². The SMILES string of the molecule is C/C=C/CC/C=C/CCCC(O)C(O)C(COC1OC(CO)C(O)C(O)C1O)NC(=O)C(O)CCCCCCCCCCCCCC/C=C\C/C=C\CCCCCCCCCCC. The summed E-state index contributed by atoms with van der Waals surface area (Å²) in [5, 5.41) is 75.4. The van der Waals surface area contributed by atoms with Crippen LogP contribution in [0.15, 0.2) is 48.6 Å². The zero-order chi connectivity index (χ0) is 46.2. The number of ether oxygens (including phenoxy) is 2. The van der Waals surface area contributed by atoms with Crippen LogP contribution in [0.1, 0.15) is 206 Å². The normalized spacial score (nSPS) is 21.6. The molecule has 1 rings (SSSR count). The molecule has 0 aromatic rings. The van der Waals surface area contributed by atoms with Crippen molar-refractivity contribution in [3.8, 4) is 0 Å². The Bertz CT molecular complexity index is 1160. The summed E-state index contributed by atoms with van der Waals surface area (Å²) in [5.41, 5.74) is 0. The van der Waals surface area contributed by atoms with E-state index in [0.717, 1.165) is 38.5 Å². The maximum atomic E-state index is 13.1. The first kappa shape index (κ1) is 59.1. The summed E-state index contributed by atoms with van der Waals surface area (Å²) in [4.78, 5) is 13.1. The molecule has 9 atom stereocenters. The second-order valence-corrected chi connectivity index (χ2v) is 17.9. The maximum Gasteiger partial charge on any atom is 0.249 e. The first-order valence-electron chi connectivity index (χ1n) is 25.5. The van der Waals surface area contributed by atoms with Crippen molar-refractivity contribution in [3.05, 3.63) is 48.6 Å². The van der Waals surface area contributed by atoms with Crippen LogP contribution in [0.4, 0.5) is 0 Å². The number of hydrogen-bond acceptors (Lipinski definition) is 10. The van der Waals surface area contributed by atoms with Crippen LogP contribution in [-0.4, -0.2) is 110 Å². The summed E-state index contributed by atoms with van der Waals surface area (Å²) in [6.07, 6.45) is 39.4. The Hall–Kier alpha value is -1.93. The minimum Gasteiger partial charge on any atom is -0.394 e. The monoisotopic (exact) mass is 894 g/mol. The summed E-state index contributed by atoms with van der Waals surface area (Å²) in [7, 11) is 0. The van der Waals surface area contributed by atoms with E-state index in [0.29, 0.717) is 19.3 Å². The van der Waals surface area contributed by atoms with E-state index in [4.69, 9.17) is 9.47 Å². The van der Waals surface area contributed by atoms with Gasteiger partial charge in [-0.3, -0.25) is 4.79 Å². The molecule has 1 heterocycles. The van der Waals surface area contributed by atoms with Gasteiger partial charge in [-0.05, 0) is 77.6 Å². The van der Waals surface area contributed by atoms with Crippen molar-refractivity contribution in [2.75, 3.05) is 13.2 Å². The Labute approximate surface area is 383 Å². The molecule has 0 aromatic carbocycles. The van der Waals surface area contributed by atoms with Gasteiger partial charge in [0.2, 0.25) is 5.91 Å². The predicted octanol–water partition coefficient (Wildman–Crippen LogP) is 9.34. The Morgan fingerprint density at radius 1 is 0.587 bits per heavy atom. The summed E-state index contributed by atoms with van der Waals surface area (Å²) in [6, 6.07) is -1.19. The molecule has 1 fully saturated rings. The highest BCUT2D eigenvalue weighted by Gasteiger charge is 2.44. The number of aliphatic hydroxyl groups excluding tert-OH is 7. The fourth-order valence-corrected chi connectivity index (χ4v) is 7.97. The number of unbranched alkanes of at least 4 members (excludes halogenated alkanes) is 23. The molecule has 63 heavy (non-hydrogen) atoms. The third-order valence-corrected chi connectivity index (χ3v) is 12.2. The Balaban J connectivity index is 2.24. The number of aliphatic hydroxyl groups is 7. The summed E-state index contributed by atoms with van der Waals surface area (Å²) < 4.78 is 11.0. The highest BCUT2D eigenvalue weighted by molar-refractivity contribution is 5.80. The zero-order valence-electron chi connectivity index (χ0n) is 39.8. The standard InChI is InChI=1S/C52H95NO10/c1-3-5-7-9-11-13-14-15-16-17-18-19-20-21-22-23-24-25-26-27-28-29-30-31-32-34-36-38-40-45(56)51(61)53-43(42-62-52-50(60)49(59)48(58)46(41-54)63-52)47(57)44(55)39-37-35-33-12-10-8-6-4-2/h4,6,12,18-19,21-22,33,43-50,52,54-60H,3,5,7-11,13-17,20,23-32,34-42H2,1-2H3,(H,53,61)/b6-4+,19-18-,22-21-,33-12+. The van der Waals surface area contributed by atoms with Gasteiger partial charge in [0, 0.05) is 0 Å². The molecule has 11 heteroatoms. The van der Waals surface area contributed by atoms with Crippen LogP contribution in [0, 0.1) is 0 Å². The van der Waals surface area contributed by atoms with Gasteiger partial charge < -0.3 is 50.5 Å². The quantitative estimate of drug-likeness (QED) is 0.0217. The van der Waals surface area contributed by atoms with Gasteiger partial charge in [-0.2, -0.15) is 0 Å². The van der Waals surface area contributed by atoms with Crippen LogP contribution >= 0.6 is 0 Å². The molecule has 0 bridgehead atoms. The minimum atomic E-state index is -1.67. The van der Waals surface area contributed by atoms with Gasteiger partial charge >= 0.3 is 0 Å². The van der Waals surface area contributed by atoms with Gasteiger partial charge in [0.25, 0.3) is 0 Å². The second-order valence-electron chi connectivity index (χ2n) is 17.9. The molecule has 0 aliphatic carbocycles. The smallest absolute Gasteiger partial charge is 0.249 e. The number of nitrogens with one attached hydrogen (secondary N) is 1. The number of carbonyl (C=O) groups excluding carboxylic acids is 1. The summed E-state index contributed by atoms with van der Waals surface area (Å²) in [5.74, 6) is -0.716. The predicted molar refractivity (Wildman–Crippen MR) is 256 cm³/mol. The van der Waals surface area contributed by atoms with Crippen molar-refractivity contribution in [1.82, 2.24) is 5.32 Å². The fraction of sp³-hybridized carbons (Fsp3) is 0.827. The molecule has 1 aliphatic rings. The maximum absolute atomic E-state index is 13.1. The van der Waals surface area contributed by atoms with E-state index >= 15 is 0 Å². The lowest BCUT2D eigenvalue weighted by Gasteiger charge is -2.40. The van der Waals surface area contributed by atoms with Gasteiger partial charge in [-0.25, -0.2) is 0 Å². The van der Waals surface area contributed by atoms with Crippen molar-refractivity contribution in [1.29, 1.82) is 0 Å². The van der Waals surface area contributed by atoms with Crippen LogP contribution < -0.4 is 5.32 Å². The fourth-order valence-electron chi connectivity index (χ4n) is 7.97. The Kier molecular flexibility index (Phi) is 38.9. The lowest BCUT2D eigenvalue weighted by atomic mass is 9.98. The number of rotatable bonds is 42. The molecule has 8 N–H and O–H groups in total. The highest BCUT2D eigenvalue weighted by Crippen LogP contribution is 2.23. The van der Waals surface area contributed by atoms with Gasteiger partial charge in [0.05, 0.1) is 25.4 Å². The number of carbonyl (C=O) groups is 1. The molecule has 1 aliphatic heterocycles. The Morgan fingerprint density at radius 3 is 1.60 bits per heavy atom. The molecule has 368 valence electrons. The second kappa shape index (κ2) is 41.5. The summed E-state index contributed by atoms with van der Waals surface area (Å²) in [6.45, 7) is 3.17. The molecule has 0 spiro atoms. The van der Waals surface area contributed by atoms with Crippen LogP contribution in [-0.2, 0) is 14.3 Å². The van der Waals surface area contributed by atoms with Gasteiger partial charge in [-0.15, -0.1) is 0 Å². The average Bonchev–Trinajstić information content (AvgIpc) is 3.28. The average molecular weight is 894 g/mol. The van der Waals surface area contributed by atoms with Crippen molar-refractivity contribution in [3.63, 3.8) is 0 Å². The summed E-state index contributed by atoms with van der Waals surface area (Å²) >= 11 is 0. The topological polar surface area (TPSA) is 189 Å². The van der Waals surface area contributed by atoms with Crippen molar-refractivity contribution < 1.29 is 50.0 Å². The van der Waals surface area contributed by atoms with Crippen LogP contribution in [0.2, 0.25) is 0 Å². The molecule has 1 saturated heterocycles. The van der Waals surface area contributed by atoms with E-state index in [1.54, 1.807) is 0 Å². The third-order valence-electron chi connectivity index (χ3n) is 12.2. The Morgan fingerprint density at radius 2 is 1.06 bits per heavy atom. The number of amides is 1. The van der Waals surface area contributed by atoms with Crippen LogP contribution in [0.5, 0.6) is 0 Å². The lowest BCUT2D eigenvalue weighted by molar-refractivity contribution is -0.303. The third kappa shape index (κ3) is 30.8. The molecule has 0 radical (unpaired) electrons. The molecule has 11 nitrogen and oxygen atoms in total. The van der Waals surface area contributed by atoms with E-state index in [2.05, 4.69) is 48.7 Å². The first-order chi connectivity index (χ1) is 30.7. The molecule has 0 saturated carbocycles. The van der Waals surface area contributed by atoms with Crippen molar-refractivity contribution in [2.24, 2.45) is 0 Å². The number of allylic oxidation sites excluding steroid dienone is 8. The molecule has 0 aromatic heterocycles. The first-order valence-corrected chi connectivity index (χ1v) is 25.5. The van der Waals surface area contributed by atoms with E-state index in [1.807, 2.05) is 19.1 Å². The van der Waals surface area contributed by atoms with Crippen LogP contribution in [0.25, 0.3) is 0 Å². The molecule has 1 amide bonds. The van der Waals surface area contributed by atoms with Crippen molar-refractivity contribution in [2.45, 2.75) is 262 Å². The van der Waals surface area contributed by atoms with E-state index in [1.165, 1.54) is 122 Å². The molecule has 9 unspecified atom stereocenters. The van der Waals surface area contributed by atoms with Gasteiger partial charge in [0.15, 0.2) is 6.29 Å². The lowest BCUT2D eigenvalue weighted by Crippen LogP contribution is -2.60. The molecular weight excluding hydrogens is 799 g/mol. The minimum absolute atomic E-state index is 0.241. The zero-order valence-corrected chi connectivity index (χ0v) is 39.8.